The van der Waals surface area contributed by atoms with Gasteiger partial charge in [0.25, 0.3) is 5.91 Å². The molecule has 3 aromatic rings. The summed E-state index contributed by atoms with van der Waals surface area (Å²) in [7, 11) is 0. The number of pyridine rings is 1. The quantitative estimate of drug-likeness (QED) is 0.596. The third-order valence-corrected chi connectivity index (χ3v) is 6.33. The van der Waals surface area contributed by atoms with E-state index in [0.29, 0.717) is 12.1 Å². The first kappa shape index (κ1) is 18.9. The summed E-state index contributed by atoms with van der Waals surface area (Å²) >= 11 is 3.28. The van der Waals surface area contributed by atoms with Gasteiger partial charge >= 0.3 is 6.18 Å². The second kappa shape index (κ2) is 7.56. The van der Waals surface area contributed by atoms with Crippen molar-refractivity contribution in [3.63, 3.8) is 0 Å². The SMILES string of the molecule is O=C(c1ccc(OCC(F)(F)F)nc1)N1CCc2sccc2[C@H]1c1cccs1. The molecular weight excluding hydrogens is 409 g/mol. The Balaban J connectivity index is 1.57. The van der Waals surface area contributed by atoms with Gasteiger partial charge in [-0.2, -0.15) is 13.2 Å². The van der Waals surface area contributed by atoms with E-state index in [1.54, 1.807) is 27.6 Å². The Bertz CT molecular complexity index is 952. The minimum Gasteiger partial charge on any atom is -0.468 e. The van der Waals surface area contributed by atoms with Gasteiger partial charge in [0.05, 0.1) is 11.6 Å². The zero-order valence-corrected chi connectivity index (χ0v) is 16.1. The predicted octanol–water partition coefficient (Wildman–Crippen LogP) is 4.93. The second-order valence-electron chi connectivity index (χ2n) is 6.25. The lowest BCUT2D eigenvalue weighted by Gasteiger charge is -2.35. The molecule has 146 valence electrons. The Morgan fingerprint density at radius 3 is 2.75 bits per heavy atom. The van der Waals surface area contributed by atoms with Gasteiger partial charge in [-0.25, -0.2) is 4.98 Å². The Morgan fingerprint density at radius 2 is 2.07 bits per heavy atom. The number of carbonyl (C=O) groups is 1. The van der Waals surface area contributed by atoms with E-state index in [-0.39, 0.29) is 17.8 Å². The van der Waals surface area contributed by atoms with Gasteiger partial charge < -0.3 is 9.64 Å². The zero-order valence-electron chi connectivity index (χ0n) is 14.5. The van der Waals surface area contributed by atoms with E-state index in [2.05, 4.69) is 15.8 Å². The van der Waals surface area contributed by atoms with E-state index < -0.39 is 12.8 Å². The van der Waals surface area contributed by atoms with Crippen LogP contribution in [0.1, 0.15) is 31.7 Å². The number of hydrogen-bond donors (Lipinski definition) is 0. The summed E-state index contributed by atoms with van der Waals surface area (Å²) in [5.41, 5.74) is 1.45. The van der Waals surface area contributed by atoms with E-state index in [1.165, 1.54) is 23.2 Å². The van der Waals surface area contributed by atoms with Crippen LogP contribution in [0.3, 0.4) is 0 Å². The minimum atomic E-state index is -4.43. The molecular formula is C19H15F3N2O2S2. The third-order valence-electron chi connectivity index (χ3n) is 4.41. The molecule has 3 aromatic heterocycles. The summed E-state index contributed by atoms with van der Waals surface area (Å²) in [5.74, 6) is -0.368. The van der Waals surface area contributed by atoms with Gasteiger partial charge in [-0.3, -0.25) is 4.79 Å². The van der Waals surface area contributed by atoms with Crippen molar-refractivity contribution in [3.05, 3.63) is 68.2 Å². The number of alkyl halides is 3. The highest BCUT2D eigenvalue weighted by molar-refractivity contribution is 7.10. The van der Waals surface area contributed by atoms with Crippen LogP contribution in [0.25, 0.3) is 0 Å². The molecule has 0 bridgehead atoms. The molecule has 1 aliphatic rings. The average molecular weight is 424 g/mol. The van der Waals surface area contributed by atoms with Crippen molar-refractivity contribution >= 4 is 28.6 Å². The van der Waals surface area contributed by atoms with Gasteiger partial charge in [0.15, 0.2) is 6.61 Å². The zero-order chi connectivity index (χ0) is 19.7. The molecule has 28 heavy (non-hydrogen) atoms. The highest BCUT2D eigenvalue weighted by Crippen LogP contribution is 2.40. The first-order valence-corrected chi connectivity index (χ1v) is 10.2. The molecule has 0 N–H and O–H groups in total. The molecule has 1 amide bonds. The number of carbonyl (C=O) groups excluding carboxylic acids is 1. The van der Waals surface area contributed by atoms with Crippen LogP contribution in [0.4, 0.5) is 13.2 Å². The van der Waals surface area contributed by atoms with Gasteiger partial charge in [0.1, 0.15) is 0 Å². The molecule has 0 saturated heterocycles. The highest BCUT2D eigenvalue weighted by atomic mass is 32.1. The predicted molar refractivity (Wildman–Crippen MR) is 101 cm³/mol. The monoisotopic (exact) mass is 424 g/mol. The number of aromatic nitrogens is 1. The van der Waals surface area contributed by atoms with Crippen LogP contribution in [0.15, 0.2) is 47.3 Å². The maximum Gasteiger partial charge on any atom is 0.422 e. The summed E-state index contributed by atoms with van der Waals surface area (Å²) in [6.45, 7) is -0.845. The number of amides is 1. The van der Waals surface area contributed by atoms with Crippen LogP contribution in [0.5, 0.6) is 5.88 Å². The van der Waals surface area contributed by atoms with Crippen LogP contribution in [0, 0.1) is 0 Å². The summed E-state index contributed by atoms with van der Waals surface area (Å²) in [4.78, 5) is 21.1. The van der Waals surface area contributed by atoms with Gasteiger partial charge in [-0.15, -0.1) is 22.7 Å². The molecule has 4 heterocycles. The fourth-order valence-corrected chi connectivity index (χ4v) is 4.96. The van der Waals surface area contributed by atoms with Gasteiger partial charge in [0, 0.05) is 28.6 Å². The molecule has 0 aromatic carbocycles. The standard InChI is InChI=1S/C19H15F3N2O2S2/c20-19(21,22)11-26-16-4-3-12(10-23-16)18(25)24-7-5-14-13(6-9-28-14)17(24)15-2-1-8-27-15/h1-4,6,8-10,17H,5,7,11H2/t17-/m0/s1. The molecule has 0 fully saturated rings. The number of thiophene rings is 2. The number of halogens is 3. The molecule has 0 unspecified atom stereocenters. The first-order valence-electron chi connectivity index (χ1n) is 8.48. The molecule has 4 nitrogen and oxygen atoms in total. The summed E-state index contributed by atoms with van der Waals surface area (Å²) in [6, 6.07) is 8.60. The Kier molecular flexibility index (Phi) is 5.11. The van der Waals surface area contributed by atoms with E-state index >= 15 is 0 Å². The lowest BCUT2D eigenvalue weighted by molar-refractivity contribution is -0.154. The smallest absolute Gasteiger partial charge is 0.422 e. The highest BCUT2D eigenvalue weighted by Gasteiger charge is 2.34. The molecule has 9 heteroatoms. The fraction of sp³-hybridized carbons (Fsp3) is 0.263. The van der Waals surface area contributed by atoms with Crippen LogP contribution < -0.4 is 4.74 Å². The largest absolute Gasteiger partial charge is 0.468 e. The Labute approximate surface area is 167 Å². The molecule has 0 radical (unpaired) electrons. The Morgan fingerprint density at radius 1 is 1.21 bits per heavy atom. The van der Waals surface area contributed by atoms with E-state index in [0.717, 1.165) is 16.9 Å². The van der Waals surface area contributed by atoms with Crippen LogP contribution in [-0.4, -0.2) is 35.1 Å². The summed E-state index contributed by atoms with van der Waals surface area (Å²) in [6.07, 6.45) is -2.39. The average Bonchev–Trinajstić information content (AvgIpc) is 3.36. The van der Waals surface area contributed by atoms with E-state index in [1.807, 2.05) is 22.9 Å². The fourth-order valence-electron chi connectivity index (χ4n) is 3.20. The first-order chi connectivity index (χ1) is 13.4. The third kappa shape index (κ3) is 3.90. The van der Waals surface area contributed by atoms with E-state index in [4.69, 9.17) is 0 Å². The van der Waals surface area contributed by atoms with Crippen LogP contribution in [0.2, 0.25) is 0 Å². The lowest BCUT2D eigenvalue weighted by atomic mass is 9.97. The summed E-state index contributed by atoms with van der Waals surface area (Å²) < 4.78 is 41.4. The van der Waals surface area contributed by atoms with Crippen molar-refractivity contribution < 1.29 is 22.7 Å². The molecule has 0 aliphatic carbocycles. The van der Waals surface area contributed by atoms with Crippen molar-refractivity contribution in [3.8, 4) is 5.88 Å². The van der Waals surface area contributed by atoms with Crippen molar-refractivity contribution in [2.75, 3.05) is 13.2 Å². The molecule has 0 spiro atoms. The summed E-state index contributed by atoms with van der Waals surface area (Å²) in [5, 5.41) is 4.01. The van der Waals surface area contributed by atoms with Gasteiger partial charge in [-0.1, -0.05) is 6.07 Å². The minimum absolute atomic E-state index is 0.163. The van der Waals surface area contributed by atoms with Crippen molar-refractivity contribution in [1.82, 2.24) is 9.88 Å². The number of rotatable bonds is 4. The lowest BCUT2D eigenvalue weighted by Crippen LogP contribution is -2.39. The number of fused-ring (bicyclic) bond motifs is 1. The Hall–Kier alpha value is -2.39. The van der Waals surface area contributed by atoms with Gasteiger partial charge in [0.2, 0.25) is 5.88 Å². The van der Waals surface area contributed by atoms with Crippen molar-refractivity contribution in [1.29, 1.82) is 0 Å². The van der Waals surface area contributed by atoms with Gasteiger partial charge in [-0.05, 0) is 40.9 Å². The normalized spacial score (nSPS) is 16.7. The van der Waals surface area contributed by atoms with E-state index in [9.17, 15) is 18.0 Å². The molecule has 1 atom stereocenters. The maximum absolute atomic E-state index is 13.1. The van der Waals surface area contributed by atoms with Crippen molar-refractivity contribution in [2.45, 2.75) is 18.6 Å². The number of nitrogens with zero attached hydrogens (tertiary/aromatic N) is 2. The molecule has 0 saturated carbocycles. The molecule has 1 aliphatic heterocycles. The van der Waals surface area contributed by atoms with Crippen molar-refractivity contribution in [2.24, 2.45) is 0 Å². The van der Waals surface area contributed by atoms with Crippen LogP contribution >= 0.6 is 22.7 Å². The molecule has 4 rings (SSSR count). The second-order valence-corrected chi connectivity index (χ2v) is 8.23. The maximum atomic E-state index is 13.1. The number of ether oxygens (including phenoxy) is 1. The number of hydrogen-bond acceptors (Lipinski definition) is 5. The topological polar surface area (TPSA) is 42.4 Å². The van der Waals surface area contributed by atoms with Crippen LogP contribution in [-0.2, 0) is 6.42 Å².